The fraction of sp³-hybridized carbons (Fsp3) is 0.143. The minimum Gasteiger partial charge on any atom is -0.398 e. The van der Waals surface area contributed by atoms with Crippen LogP contribution in [-0.2, 0) is 20.2 Å². The first kappa shape index (κ1) is 12.9. The summed E-state index contributed by atoms with van der Waals surface area (Å²) in [5, 5.41) is 0. The minimum atomic E-state index is -4.83. The van der Waals surface area contributed by atoms with Gasteiger partial charge >= 0.3 is 0 Å². The quantitative estimate of drug-likeness (QED) is 0.509. The summed E-state index contributed by atoms with van der Waals surface area (Å²) in [5.41, 5.74) is 5.17. The van der Waals surface area contributed by atoms with Gasteiger partial charge < -0.3 is 5.73 Å². The van der Waals surface area contributed by atoms with E-state index in [9.17, 15) is 16.8 Å². The van der Waals surface area contributed by atoms with Crippen LogP contribution in [0.25, 0.3) is 0 Å². The molecule has 0 aromatic heterocycles. The number of hydrogen-bond donors (Lipinski definition) is 3. The van der Waals surface area contributed by atoms with Gasteiger partial charge in [0.15, 0.2) is 0 Å². The van der Waals surface area contributed by atoms with Crippen molar-refractivity contribution in [2.24, 2.45) is 0 Å². The molecule has 16 heavy (non-hydrogen) atoms. The highest BCUT2D eigenvalue weighted by molar-refractivity contribution is 7.89. The van der Waals surface area contributed by atoms with Crippen LogP contribution in [0.3, 0.4) is 0 Å². The molecular formula is C7H9NO6S2. The lowest BCUT2D eigenvalue weighted by Crippen LogP contribution is -2.11. The summed E-state index contributed by atoms with van der Waals surface area (Å²) >= 11 is 0. The van der Waals surface area contributed by atoms with Crippen LogP contribution >= 0.6 is 0 Å². The summed E-state index contributed by atoms with van der Waals surface area (Å²) in [7, 11) is -9.61. The molecule has 9 heteroatoms. The van der Waals surface area contributed by atoms with E-state index in [1.807, 2.05) is 0 Å². The number of aryl methyl sites for hydroxylation is 1. The van der Waals surface area contributed by atoms with Crippen LogP contribution in [0.5, 0.6) is 0 Å². The molecule has 0 spiro atoms. The summed E-state index contributed by atoms with van der Waals surface area (Å²) in [4.78, 5) is -1.95. The molecule has 0 heterocycles. The first-order valence-electron chi connectivity index (χ1n) is 3.88. The second-order valence-electron chi connectivity index (χ2n) is 3.13. The van der Waals surface area contributed by atoms with Crippen LogP contribution in [-0.4, -0.2) is 25.9 Å². The maximum absolute atomic E-state index is 10.9. The highest BCUT2D eigenvalue weighted by atomic mass is 32.2. The van der Waals surface area contributed by atoms with E-state index >= 15 is 0 Å². The zero-order chi connectivity index (χ0) is 12.7. The van der Waals surface area contributed by atoms with Gasteiger partial charge in [-0.15, -0.1) is 0 Å². The van der Waals surface area contributed by atoms with Crippen molar-refractivity contribution >= 4 is 25.9 Å². The van der Waals surface area contributed by atoms with E-state index in [0.717, 1.165) is 12.1 Å². The SMILES string of the molecule is Cc1cc(N)c(S(=O)(=O)O)c(S(=O)(=O)O)c1. The largest absolute Gasteiger partial charge is 0.398 e. The number of benzene rings is 1. The summed E-state index contributed by atoms with van der Waals surface area (Å²) < 4.78 is 61.4. The molecule has 0 unspecified atom stereocenters. The Balaban J connectivity index is 3.87. The first-order chi connectivity index (χ1) is 7.03. The standard InChI is InChI=1S/C7H9NO6S2/c1-4-2-5(8)7(16(12,13)14)6(3-4)15(9,10)11/h2-3H,8H2,1H3,(H,9,10,11)(H,12,13,14). The van der Waals surface area contributed by atoms with Crippen LogP contribution in [0.4, 0.5) is 5.69 Å². The van der Waals surface area contributed by atoms with Gasteiger partial charge in [-0.05, 0) is 24.6 Å². The maximum Gasteiger partial charge on any atom is 0.297 e. The fourth-order valence-electron chi connectivity index (χ4n) is 1.23. The van der Waals surface area contributed by atoms with E-state index in [4.69, 9.17) is 14.8 Å². The zero-order valence-corrected chi connectivity index (χ0v) is 9.71. The molecule has 0 amide bonds. The Labute approximate surface area is 92.4 Å². The molecule has 1 aromatic carbocycles. The van der Waals surface area contributed by atoms with Crippen molar-refractivity contribution < 1.29 is 25.9 Å². The molecule has 0 fully saturated rings. The number of nitrogens with two attached hydrogens (primary N) is 1. The van der Waals surface area contributed by atoms with Gasteiger partial charge in [0, 0.05) is 0 Å². The van der Waals surface area contributed by atoms with E-state index in [1.54, 1.807) is 0 Å². The second-order valence-corrected chi connectivity index (χ2v) is 5.88. The average Bonchev–Trinajstić information content (AvgIpc) is 1.97. The van der Waals surface area contributed by atoms with Crippen LogP contribution in [0.2, 0.25) is 0 Å². The van der Waals surface area contributed by atoms with Gasteiger partial charge in [0.25, 0.3) is 20.2 Å². The maximum atomic E-state index is 10.9. The van der Waals surface area contributed by atoms with Crippen molar-refractivity contribution in [1.29, 1.82) is 0 Å². The van der Waals surface area contributed by atoms with Crippen molar-refractivity contribution in [3.63, 3.8) is 0 Å². The van der Waals surface area contributed by atoms with Crippen LogP contribution < -0.4 is 5.73 Å². The van der Waals surface area contributed by atoms with Crippen molar-refractivity contribution in [3.8, 4) is 0 Å². The third kappa shape index (κ3) is 2.50. The summed E-state index contributed by atoms with van der Waals surface area (Å²) in [6, 6.07) is 2.06. The van der Waals surface area contributed by atoms with E-state index in [2.05, 4.69) is 0 Å². The molecule has 1 rings (SSSR count). The van der Waals surface area contributed by atoms with Crippen LogP contribution in [0.1, 0.15) is 5.56 Å². The zero-order valence-electron chi connectivity index (χ0n) is 8.08. The highest BCUT2D eigenvalue weighted by Crippen LogP contribution is 2.28. The Morgan fingerprint density at radius 2 is 1.56 bits per heavy atom. The fourth-order valence-corrected chi connectivity index (χ4v) is 3.22. The molecule has 0 bridgehead atoms. The molecule has 0 aliphatic carbocycles. The number of hydrogen-bond acceptors (Lipinski definition) is 5. The molecule has 4 N–H and O–H groups in total. The molecule has 0 radical (unpaired) electrons. The molecule has 0 aliphatic rings. The lowest BCUT2D eigenvalue weighted by molar-refractivity contribution is 0.467. The second kappa shape index (κ2) is 3.70. The van der Waals surface area contributed by atoms with Gasteiger partial charge in [0.05, 0.1) is 5.69 Å². The summed E-state index contributed by atoms with van der Waals surface area (Å²) in [6.45, 7) is 1.46. The lowest BCUT2D eigenvalue weighted by atomic mass is 10.2. The van der Waals surface area contributed by atoms with Gasteiger partial charge in [0.1, 0.15) is 9.79 Å². The third-order valence-corrected chi connectivity index (χ3v) is 3.74. The van der Waals surface area contributed by atoms with Crippen molar-refractivity contribution in [1.82, 2.24) is 0 Å². The van der Waals surface area contributed by atoms with E-state index in [-0.39, 0.29) is 0 Å². The van der Waals surface area contributed by atoms with Gasteiger partial charge in [-0.2, -0.15) is 16.8 Å². The third-order valence-electron chi connectivity index (χ3n) is 1.76. The predicted octanol–water partition coefficient (Wildman–Crippen LogP) is 0.0706. The van der Waals surface area contributed by atoms with E-state index < -0.39 is 35.7 Å². The number of anilines is 1. The minimum absolute atomic E-state index is 0.331. The molecule has 0 saturated heterocycles. The summed E-state index contributed by atoms with van der Waals surface area (Å²) in [6.07, 6.45) is 0. The van der Waals surface area contributed by atoms with Crippen LogP contribution in [0, 0.1) is 6.92 Å². The summed E-state index contributed by atoms with van der Waals surface area (Å²) in [5.74, 6) is 0. The Morgan fingerprint density at radius 1 is 1.06 bits per heavy atom. The van der Waals surface area contributed by atoms with Gasteiger partial charge in [-0.25, -0.2) is 0 Å². The van der Waals surface area contributed by atoms with Crippen molar-refractivity contribution in [2.45, 2.75) is 16.7 Å². The monoisotopic (exact) mass is 267 g/mol. The van der Waals surface area contributed by atoms with Crippen LogP contribution in [0.15, 0.2) is 21.9 Å². The highest BCUT2D eigenvalue weighted by Gasteiger charge is 2.26. The normalized spacial score (nSPS) is 12.7. The molecule has 1 aromatic rings. The van der Waals surface area contributed by atoms with E-state index in [0.29, 0.717) is 5.56 Å². The molecule has 90 valence electrons. The predicted molar refractivity (Wildman–Crippen MR) is 55.2 cm³/mol. The topological polar surface area (TPSA) is 135 Å². The Bertz CT molecular complexity index is 631. The van der Waals surface area contributed by atoms with Gasteiger partial charge in [0.2, 0.25) is 0 Å². The molecule has 0 atom stereocenters. The molecule has 0 saturated carbocycles. The Hall–Kier alpha value is -1.16. The smallest absolute Gasteiger partial charge is 0.297 e. The van der Waals surface area contributed by atoms with E-state index in [1.165, 1.54) is 6.92 Å². The Morgan fingerprint density at radius 3 is 1.94 bits per heavy atom. The van der Waals surface area contributed by atoms with Gasteiger partial charge in [-0.1, -0.05) is 0 Å². The number of nitrogen functional groups attached to an aromatic ring is 1. The van der Waals surface area contributed by atoms with Crippen molar-refractivity contribution in [3.05, 3.63) is 17.7 Å². The van der Waals surface area contributed by atoms with Gasteiger partial charge in [-0.3, -0.25) is 9.11 Å². The number of rotatable bonds is 2. The van der Waals surface area contributed by atoms with Crippen molar-refractivity contribution in [2.75, 3.05) is 5.73 Å². The molecular weight excluding hydrogens is 258 g/mol. The first-order valence-corrected chi connectivity index (χ1v) is 6.76. The lowest BCUT2D eigenvalue weighted by Gasteiger charge is -2.08. The molecule has 7 nitrogen and oxygen atoms in total. The molecule has 0 aliphatic heterocycles. The average molecular weight is 267 g/mol. The Kier molecular flexibility index (Phi) is 2.98.